The second-order valence-electron chi connectivity index (χ2n) is 7.24. The summed E-state index contributed by atoms with van der Waals surface area (Å²) in [6, 6.07) is 29.2. The first-order valence-corrected chi connectivity index (χ1v) is 11.4. The minimum absolute atomic E-state index is 0.0168. The zero-order valence-corrected chi connectivity index (χ0v) is 18.6. The van der Waals surface area contributed by atoms with Gasteiger partial charge in [0.2, 0.25) is 11.8 Å². The molecule has 3 aromatic rings. The van der Waals surface area contributed by atoms with Crippen molar-refractivity contribution in [3.63, 3.8) is 0 Å². The Morgan fingerprint density at radius 1 is 0.839 bits per heavy atom. The van der Waals surface area contributed by atoms with Crippen molar-refractivity contribution in [1.29, 1.82) is 0 Å². The van der Waals surface area contributed by atoms with Crippen LogP contribution in [-0.2, 0) is 22.6 Å². The maximum Gasteiger partial charge on any atom is 0.242 e. The summed E-state index contributed by atoms with van der Waals surface area (Å²) in [5.41, 5.74) is 2.04. The van der Waals surface area contributed by atoms with E-state index in [0.717, 1.165) is 16.0 Å². The number of nitrogens with one attached hydrogen (secondary N) is 1. The van der Waals surface area contributed by atoms with Gasteiger partial charge in [-0.2, -0.15) is 0 Å². The third-order valence-electron chi connectivity index (χ3n) is 5.04. The molecule has 0 aliphatic heterocycles. The molecule has 0 bridgehead atoms. The van der Waals surface area contributed by atoms with Crippen LogP contribution in [0, 0.1) is 0 Å². The average molecular weight is 433 g/mol. The molecule has 2 amide bonds. The Hall–Kier alpha value is -3.05. The number of carbonyl (C=O) groups excluding carboxylic acids is 2. The highest BCUT2D eigenvalue weighted by Gasteiger charge is 2.29. The van der Waals surface area contributed by atoms with Crippen LogP contribution in [0.3, 0.4) is 0 Å². The van der Waals surface area contributed by atoms with Gasteiger partial charge in [0, 0.05) is 37.1 Å². The SMILES string of the molecule is CNC(=O)[C@@H](Cc1ccccc1)N(Cc1ccccc1)C(=O)CCSc1ccccc1. The molecule has 160 valence electrons. The van der Waals surface area contributed by atoms with Gasteiger partial charge in [-0.25, -0.2) is 0 Å². The number of benzene rings is 3. The number of likely N-dealkylation sites (N-methyl/N-ethyl adjacent to an activating group) is 1. The molecule has 0 saturated heterocycles. The molecule has 0 aromatic heterocycles. The van der Waals surface area contributed by atoms with Crippen molar-refractivity contribution in [1.82, 2.24) is 10.2 Å². The van der Waals surface area contributed by atoms with E-state index in [-0.39, 0.29) is 11.8 Å². The first-order chi connectivity index (χ1) is 15.2. The van der Waals surface area contributed by atoms with Crippen LogP contribution in [0.15, 0.2) is 95.9 Å². The Kier molecular flexibility index (Phi) is 8.73. The van der Waals surface area contributed by atoms with Crippen molar-refractivity contribution in [3.05, 3.63) is 102 Å². The van der Waals surface area contributed by atoms with Crippen molar-refractivity contribution in [2.45, 2.75) is 30.3 Å². The first kappa shape index (κ1) is 22.6. The lowest BCUT2D eigenvalue weighted by molar-refractivity contribution is -0.140. The molecule has 0 heterocycles. The lowest BCUT2D eigenvalue weighted by Gasteiger charge is -2.31. The summed E-state index contributed by atoms with van der Waals surface area (Å²) in [5.74, 6) is 0.501. The molecular weight excluding hydrogens is 404 g/mol. The molecule has 0 saturated carbocycles. The Balaban J connectivity index is 1.78. The normalized spacial score (nSPS) is 11.5. The Morgan fingerprint density at radius 3 is 1.97 bits per heavy atom. The predicted octanol–water partition coefficient (Wildman–Crippen LogP) is 4.55. The molecule has 3 aromatic carbocycles. The van der Waals surface area contributed by atoms with Crippen molar-refractivity contribution in [2.75, 3.05) is 12.8 Å². The van der Waals surface area contributed by atoms with Gasteiger partial charge in [-0.05, 0) is 23.3 Å². The van der Waals surface area contributed by atoms with Gasteiger partial charge in [-0.3, -0.25) is 9.59 Å². The summed E-state index contributed by atoms with van der Waals surface area (Å²) in [5, 5.41) is 2.75. The predicted molar refractivity (Wildman–Crippen MR) is 127 cm³/mol. The molecular formula is C26H28N2O2S. The number of hydrogen-bond acceptors (Lipinski definition) is 3. The smallest absolute Gasteiger partial charge is 0.242 e. The summed E-state index contributed by atoms with van der Waals surface area (Å²) in [7, 11) is 1.62. The number of thioether (sulfide) groups is 1. The topological polar surface area (TPSA) is 49.4 Å². The second kappa shape index (κ2) is 12.0. The van der Waals surface area contributed by atoms with Crippen LogP contribution in [0.25, 0.3) is 0 Å². The maximum atomic E-state index is 13.3. The van der Waals surface area contributed by atoms with Gasteiger partial charge in [-0.1, -0.05) is 78.9 Å². The number of nitrogens with zero attached hydrogens (tertiary/aromatic N) is 1. The van der Waals surface area contributed by atoms with Crippen molar-refractivity contribution in [3.8, 4) is 0 Å². The molecule has 0 aliphatic rings. The lowest BCUT2D eigenvalue weighted by atomic mass is 10.0. The van der Waals surface area contributed by atoms with Gasteiger partial charge in [0.1, 0.15) is 6.04 Å². The van der Waals surface area contributed by atoms with Gasteiger partial charge in [0.25, 0.3) is 0 Å². The highest BCUT2D eigenvalue weighted by molar-refractivity contribution is 7.99. The van der Waals surface area contributed by atoms with E-state index in [2.05, 4.69) is 5.32 Å². The monoisotopic (exact) mass is 432 g/mol. The maximum absolute atomic E-state index is 13.3. The van der Waals surface area contributed by atoms with E-state index in [0.29, 0.717) is 25.1 Å². The van der Waals surface area contributed by atoms with Crippen molar-refractivity contribution < 1.29 is 9.59 Å². The fourth-order valence-electron chi connectivity index (χ4n) is 3.42. The van der Waals surface area contributed by atoms with Crippen LogP contribution in [0.5, 0.6) is 0 Å². The van der Waals surface area contributed by atoms with E-state index >= 15 is 0 Å². The quantitative estimate of drug-likeness (QED) is 0.478. The van der Waals surface area contributed by atoms with E-state index in [9.17, 15) is 9.59 Å². The van der Waals surface area contributed by atoms with Crippen molar-refractivity contribution >= 4 is 23.6 Å². The molecule has 5 heteroatoms. The van der Waals surface area contributed by atoms with E-state index in [1.165, 1.54) is 0 Å². The molecule has 4 nitrogen and oxygen atoms in total. The van der Waals surface area contributed by atoms with Gasteiger partial charge in [0.05, 0.1) is 0 Å². The minimum atomic E-state index is -0.568. The van der Waals surface area contributed by atoms with Gasteiger partial charge >= 0.3 is 0 Å². The van der Waals surface area contributed by atoms with Crippen LogP contribution >= 0.6 is 11.8 Å². The highest BCUT2D eigenvalue weighted by Crippen LogP contribution is 2.20. The first-order valence-electron chi connectivity index (χ1n) is 10.4. The van der Waals surface area contributed by atoms with E-state index in [1.54, 1.807) is 23.7 Å². The average Bonchev–Trinajstić information content (AvgIpc) is 2.82. The largest absolute Gasteiger partial charge is 0.357 e. The minimum Gasteiger partial charge on any atom is -0.357 e. The van der Waals surface area contributed by atoms with E-state index < -0.39 is 6.04 Å². The van der Waals surface area contributed by atoms with Crippen molar-refractivity contribution in [2.24, 2.45) is 0 Å². The third kappa shape index (κ3) is 7.00. The summed E-state index contributed by atoms with van der Waals surface area (Å²) in [4.78, 5) is 29.0. The zero-order chi connectivity index (χ0) is 21.9. The van der Waals surface area contributed by atoms with Gasteiger partial charge in [0.15, 0.2) is 0 Å². The number of hydrogen-bond donors (Lipinski definition) is 1. The summed E-state index contributed by atoms with van der Waals surface area (Å²) >= 11 is 1.65. The van der Waals surface area contributed by atoms with Crippen LogP contribution in [-0.4, -0.2) is 35.6 Å². The van der Waals surface area contributed by atoms with Crippen LogP contribution in [0.4, 0.5) is 0 Å². The fourth-order valence-corrected chi connectivity index (χ4v) is 4.28. The molecule has 3 rings (SSSR count). The second-order valence-corrected chi connectivity index (χ2v) is 8.41. The molecule has 0 radical (unpaired) electrons. The highest BCUT2D eigenvalue weighted by atomic mass is 32.2. The third-order valence-corrected chi connectivity index (χ3v) is 6.05. The molecule has 31 heavy (non-hydrogen) atoms. The van der Waals surface area contributed by atoms with Crippen LogP contribution in [0.1, 0.15) is 17.5 Å². The van der Waals surface area contributed by atoms with Gasteiger partial charge < -0.3 is 10.2 Å². The molecule has 0 spiro atoms. The van der Waals surface area contributed by atoms with Gasteiger partial charge in [-0.15, -0.1) is 11.8 Å². The van der Waals surface area contributed by atoms with E-state index in [1.807, 2.05) is 91.0 Å². The van der Waals surface area contributed by atoms with E-state index in [4.69, 9.17) is 0 Å². The zero-order valence-electron chi connectivity index (χ0n) is 17.7. The number of amides is 2. The molecule has 0 fully saturated rings. The molecule has 0 unspecified atom stereocenters. The Labute approximate surface area is 188 Å². The van der Waals surface area contributed by atoms with Crippen LogP contribution < -0.4 is 5.32 Å². The molecule has 0 aliphatic carbocycles. The number of rotatable bonds is 10. The standard InChI is InChI=1S/C26H28N2O2S/c1-27-26(30)24(19-21-11-5-2-6-12-21)28(20-22-13-7-3-8-14-22)25(29)17-18-31-23-15-9-4-10-16-23/h2-16,24H,17-20H2,1H3,(H,27,30)/t24-/m1/s1. The summed E-state index contributed by atoms with van der Waals surface area (Å²) in [6.45, 7) is 0.403. The lowest BCUT2D eigenvalue weighted by Crippen LogP contribution is -2.49. The number of carbonyl (C=O) groups is 2. The summed E-state index contributed by atoms with van der Waals surface area (Å²) in [6.07, 6.45) is 0.847. The molecule has 1 N–H and O–H groups in total. The molecule has 1 atom stereocenters. The summed E-state index contributed by atoms with van der Waals surface area (Å²) < 4.78 is 0. The Bertz CT molecular complexity index is 949. The Morgan fingerprint density at radius 2 is 1.39 bits per heavy atom. The fraction of sp³-hybridized carbons (Fsp3) is 0.231. The van der Waals surface area contributed by atoms with Crippen LogP contribution in [0.2, 0.25) is 0 Å².